The fourth-order valence-corrected chi connectivity index (χ4v) is 0.923. The van der Waals surface area contributed by atoms with Gasteiger partial charge in [0.25, 0.3) is 0 Å². The molecule has 2 N–H and O–H groups in total. The van der Waals surface area contributed by atoms with Crippen LogP contribution in [0, 0.1) is 0 Å². The number of hydrogen-bond acceptors (Lipinski definition) is 4. The molecule has 1 atom stereocenters. The average Bonchev–Trinajstić information content (AvgIpc) is 1.83. The van der Waals surface area contributed by atoms with Gasteiger partial charge in [0.05, 0.1) is 12.0 Å². The smallest absolute Gasteiger partial charge is 0.341 e. The van der Waals surface area contributed by atoms with Crippen LogP contribution in [0.1, 0.15) is 6.42 Å². The van der Waals surface area contributed by atoms with Gasteiger partial charge in [-0.05, 0) is 0 Å². The molecule has 0 spiro atoms. The van der Waals surface area contributed by atoms with E-state index < -0.39 is 32.0 Å². The van der Waals surface area contributed by atoms with Gasteiger partial charge in [0.15, 0.2) is 5.82 Å². The van der Waals surface area contributed by atoms with Crippen molar-refractivity contribution in [1.82, 2.24) is 0 Å². The number of carbonyl (C=O) groups is 2. The van der Waals surface area contributed by atoms with Gasteiger partial charge in [-0.3, -0.25) is 4.79 Å². The fourth-order valence-electron chi connectivity index (χ4n) is 0.467. The Morgan fingerprint density at radius 1 is 1.42 bits per heavy atom. The normalized spacial score (nSPS) is 12.4. The molecule has 1 unspecified atom stereocenters. The molecule has 0 saturated carbocycles. The molecule has 66 valence electrons. The van der Waals surface area contributed by atoms with Crippen LogP contribution >= 0.6 is 8.03 Å². The molecule has 12 heavy (non-hydrogen) atoms. The van der Waals surface area contributed by atoms with Crippen molar-refractivity contribution in [2.45, 2.75) is 6.42 Å². The molecule has 0 aromatic heterocycles. The van der Waals surface area contributed by atoms with E-state index in [0.29, 0.717) is 5.82 Å². The second-order valence-corrected chi connectivity index (χ2v) is 2.64. The van der Waals surface area contributed by atoms with E-state index in [0.717, 1.165) is 0 Å². The summed E-state index contributed by atoms with van der Waals surface area (Å²) in [4.78, 5) is 30.2. The molecule has 0 saturated heterocycles. The first-order chi connectivity index (χ1) is 5.43. The summed E-state index contributed by atoms with van der Waals surface area (Å²) >= 11 is 0. The van der Waals surface area contributed by atoms with Crippen molar-refractivity contribution in [3.8, 4) is 0 Å². The minimum atomic E-state index is -3.01. The van der Waals surface area contributed by atoms with Gasteiger partial charge in [-0.2, -0.15) is 0 Å². The van der Waals surface area contributed by atoms with Crippen LogP contribution in [0.2, 0.25) is 0 Å². The average molecular weight is 192 g/mol. The molecule has 0 amide bonds. The molecular weight excluding hydrogens is 187 g/mol. The highest BCUT2D eigenvalue weighted by molar-refractivity contribution is 7.40. The van der Waals surface area contributed by atoms with Gasteiger partial charge in [-0.25, -0.2) is 4.79 Å². The maximum absolute atomic E-state index is 10.2. The maximum Gasteiger partial charge on any atom is 0.341 e. The van der Waals surface area contributed by atoms with Crippen LogP contribution in [0.4, 0.5) is 0 Å². The summed E-state index contributed by atoms with van der Waals surface area (Å²) in [6, 6.07) is 0. The molecule has 0 aliphatic carbocycles. The van der Waals surface area contributed by atoms with Crippen molar-refractivity contribution in [2.75, 3.05) is 0 Å². The molecule has 7 heteroatoms. The third-order valence-electron chi connectivity index (χ3n) is 0.878. The van der Waals surface area contributed by atoms with Crippen molar-refractivity contribution >= 4 is 20.0 Å². The summed E-state index contributed by atoms with van der Waals surface area (Å²) in [5, 5.41) is 16.4. The Hall–Kier alpha value is -1.26. The first kappa shape index (κ1) is 10.7. The highest BCUT2D eigenvalue weighted by atomic mass is 31.1. The largest absolute Gasteiger partial charge is 0.591 e. The molecule has 0 aromatic carbocycles. The van der Waals surface area contributed by atoms with E-state index in [1.165, 1.54) is 0 Å². The van der Waals surface area contributed by atoms with Crippen molar-refractivity contribution in [3.63, 3.8) is 0 Å². The minimum Gasteiger partial charge on any atom is -0.591 e. The van der Waals surface area contributed by atoms with Gasteiger partial charge in [-0.1, -0.05) is 4.57 Å². The predicted octanol–water partition coefficient (Wildman–Crippen LogP) is -0.468. The highest BCUT2D eigenvalue weighted by Gasteiger charge is 2.15. The third-order valence-corrected chi connectivity index (χ3v) is 1.40. The molecule has 0 aromatic rings. The maximum atomic E-state index is 10.2. The molecule has 0 heterocycles. The van der Waals surface area contributed by atoms with Gasteiger partial charge in [0.2, 0.25) is 0 Å². The summed E-state index contributed by atoms with van der Waals surface area (Å²) in [6.45, 7) is 0. The lowest BCUT2D eigenvalue weighted by Gasteiger charge is -1.92. The van der Waals surface area contributed by atoms with Crippen molar-refractivity contribution < 1.29 is 29.3 Å². The number of hydrogen-bond donors (Lipinski definition) is 2. The second kappa shape index (κ2) is 4.58. The van der Waals surface area contributed by atoms with Crippen LogP contribution in [-0.4, -0.2) is 22.2 Å². The van der Waals surface area contributed by atoms with Crippen molar-refractivity contribution in [1.29, 1.82) is 0 Å². The lowest BCUT2D eigenvalue weighted by molar-refractivity contribution is -0.161. The summed E-state index contributed by atoms with van der Waals surface area (Å²) in [7, 11) is -3.01. The predicted molar refractivity (Wildman–Crippen MR) is 35.6 cm³/mol. The van der Waals surface area contributed by atoms with Gasteiger partial charge < -0.3 is 15.1 Å². The summed E-state index contributed by atoms with van der Waals surface area (Å²) in [6.07, 6.45) is -0.807. The molecule has 0 fully saturated rings. The number of aliphatic carboxylic acids is 2. The molecule has 0 aliphatic heterocycles. The zero-order valence-electron chi connectivity index (χ0n) is 5.76. The highest BCUT2D eigenvalue weighted by Crippen LogP contribution is 2.15. The fraction of sp³-hybridized carbons (Fsp3) is 0.200. The van der Waals surface area contributed by atoms with Crippen LogP contribution in [0.25, 0.3) is 0 Å². The van der Waals surface area contributed by atoms with E-state index >= 15 is 0 Å². The zero-order valence-corrected chi connectivity index (χ0v) is 6.65. The van der Waals surface area contributed by atoms with Crippen LogP contribution < -0.4 is 4.89 Å². The van der Waals surface area contributed by atoms with E-state index in [4.69, 9.17) is 10.2 Å². The summed E-state index contributed by atoms with van der Waals surface area (Å²) in [5.74, 6) is -2.54. The van der Waals surface area contributed by atoms with E-state index in [1.54, 1.807) is 0 Å². The minimum absolute atomic E-state index is 0.395. The molecule has 6 nitrogen and oxygen atoms in total. The lowest BCUT2D eigenvalue weighted by Crippen LogP contribution is -2.06. The number of carboxylic acids is 2. The monoisotopic (exact) mass is 192 g/mol. The molecule has 0 rings (SSSR count). The number of rotatable bonds is 4. The molecule has 0 aliphatic rings. The van der Waals surface area contributed by atoms with E-state index in [9.17, 15) is 19.0 Å². The van der Waals surface area contributed by atoms with Crippen molar-refractivity contribution in [3.05, 3.63) is 11.4 Å². The first-order valence-corrected chi connectivity index (χ1v) is 3.97. The zero-order chi connectivity index (χ0) is 9.72. The van der Waals surface area contributed by atoms with Gasteiger partial charge in [-0.15, -0.1) is 0 Å². The lowest BCUT2D eigenvalue weighted by atomic mass is 10.2. The molecular formula is C5H5O6P. The van der Waals surface area contributed by atoms with Crippen LogP contribution in [0.3, 0.4) is 0 Å². The Bertz CT molecular complexity index is 255. The van der Waals surface area contributed by atoms with Gasteiger partial charge in [0.1, 0.15) is 0 Å². The molecule has 0 bridgehead atoms. The topological polar surface area (TPSA) is 115 Å². The first-order valence-electron chi connectivity index (χ1n) is 2.72. The Kier molecular flexibility index (Phi) is 4.10. The Labute approximate surface area is 68.0 Å². The Morgan fingerprint density at radius 3 is 2.17 bits per heavy atom. The molecule has 0 radical (unpaired) electrons. The van der Waals surface area contributed by atoms with Crippen LogP contribution in [-0.2, 0) is 14.2 Å². The Morgan fingerprint density at radius 2 is 1.92 bits per heavy atom. The van der Waals surface area contributed by atoms with Crippen LogP contribution in [0.5, 0.6) is 0 Å². The summed E-state index contributed by atoms with van der Waals surface area (Å²) in [5.41, 5.74) is -0.654. The number of carboxylic acid groups (broad SMARTS) is 2. The quantitative estimate of drug-likeness (QED) is 0.459. The summed E-state index contributed by atoms with van der Waals surface area (Å²) < 4.78 is 10.0. The van der Waals surface area contributed by atoms with Crippen molar-refractivity contribution in [2.24, 2.45) is 0 Å². The standard InChI is InChI=1S/C5H5O6P/c6-4(7)1-3(5(8)9)2-12(10)11/h2H,1H2,(H,6,7)(H,8,9)/b3-2-. The van der Waals surface area contributed by atoms with Gasteiger partial charge >= 0.3 is 20.0 Å². The second-order valence-electron chi connectivity index (χ2n) is 1.82. The SMILES string of the molecule is O=C(O)C/C(=C/[P+](=O)[O-])C(=O)O. The van der Waals surface area contributed by atoms with E-state index in [-0.39, 0.29) is 0 Å². The third kappa shape index (κ3) is 4.54. The van der Waals surface area contributed by atoms with E-state index in [1.807, 2.05) is 0 Å². The van der Waals surface area contributed by atoms with E-state index in [2.05, 4.69) is 0 Å². The van der Waals surface area contributed by atoms with Crippen LogP contribution in [0.15, 0.2) is 11.4 Å². The van der Waals surface area contributed by atoms with Gasteiger partial charge in [0, 0.05) is 0 Å². The Balaban J connectivity index is 4.55.